The first-order chi connectivity index (χ1) is 13.0. The van der Waals surface area contributed by atoms with Gasteiger partial charge in [0.15, 0.2) is 5.60 Å². The fourth-order valence-corrected chi connectivity index (χ4v) is 3.98. The summed E-state index contributed by atoms with van der Waals surface area (Å²) in [4.78, 5) is 40.8. The van der Waals surface area contributed by atoms with Crippen LogP contribution in [0.5, 0.6) is 0 Å². The number of hydrogen-bond donors (Lipinski definition) is 1. The lowest BCUT2D eigenvalue weighted by atomic mass is 9.88. The summed E-state index contributed by atoms with van der Waals surface area (Å²) in [7, 11) is 0. The maximum Gasteiger partial charge on any atom is 0.273 e. The van der Waals surface area contributed by atoms with E-state index in [0.717, 1.165) is 17.8 Å². The smallest absolute Gasteiger partial charge is 0.273 e. The third-order valence-electron chi connectivity index (χ3n) is 4.69. The van der Waals surface area contributed by atoms with Crippen LogP contribution in [0.2, 0.25) is 0 Å². The third kappa shape index (κ3) is 3.68. The molecule has 0 bridgehead atoms. The maximum atomic E-state index is 12.7. The highest BCUT2D eigenvalue weighted by molar-refractivity contribution is 7.09. The Morgan fingerprint density at radius 2 is 2.30 bits per heavy atom. The number of nitrogens with one attached hydrogen (secondary N) is 1. The lowest BCUT2D eigenvalue weighted by Crippen LogP contribution is -2.50. The molecule has 9 heteroatoms. The van der Waals surface area contributed by atoms with Crippen molar-refractivity contribution in [2.75, 3.05) is 18.4 Å². The van der Waals surface area contributed by atoms with E-state index in [2.05, 4.69) is 20.4 Å². The molecule has 1 unspecified atom stereocenters. The number of amides is 2. The Morgan fingerprint density at radius 3 is 3.04 bits per heavy atom. The van der Waals surface area contributed by atoms with Crippen molar-refractivity contribution in [2.24, 2.45) is 5.16 Å². The van der Waals surface area contributed by atoms with Gasteiger partial charge in [0.05, 0.1) is 23.4 Å². The first-order valence-electron chi connectivity index (χ1n) is 8.72. The number of carbonyl (C=O) groups excluding carboxylic acids is 2. The van der Waals surface area contributed by atoms with Gasteiger partial charge in [-0.15, -0.1) is 11.3 Å². The largest absolute Gasteiger partial charge is 0.386 e. The predicted molar refractivity (Wildman–Crippen MR) is 101 cm³/mol. The molecule has 2 amide bonds. The minimum atomic E-state index is -0.638. The summed E-state index contributed by atoms with van der Waals surface area (Å²) in [5, 5.41) is 9.42. The zero-order valence-electron chi connectivity index (χ0n) is 14.8. The third-order valence-corrected chi connectivity index (χ3v) is 5.46. The average Bonchev–Trinajstić information content (AvgIpc) is 3.29. The SMILES string of the molecule is Cc1nc(C(=O)N2CCCC3(CC(C(=O)Nc4cccnc4)=NO3)C2)cs1. The van der Waals surface area contributed by atoms with Crippen LogP contribution in [-0.4, -0.2) is 51.1 Å². The van der Waals surface area contributed by atoms with Crippen LogP contribution in [0.3, 0.4) is 0 Å². The first-order valence-corrected chi connectivity index (χ1v) is 9.60. The highest BCUT2D eigenvalue weighted by atomic mass is 32.1. The van der Waals surface area contributed by atoms with Crippen molar-refractivity contribution in [3.8, 4) is 0 Å². The number of carbonyl (C=O) groups is 2. The summed E-state index contributed by atoms with van der Waals surface area (Å²) in [6.45, 7) is 2.92. The van der Waals surface area contributed by atoms with Crippen molar-refractivity contribution in [2.45, 2.75) is 31.8 Å². The number of piperidine rings is 1. The van der Waals surface area contributed by atoms with Gasteiger partial charge in [-0.25, -0.2) is 4.98 Å². The molecule has 27 heavy (non-hydrogen) atoms. The molecule has 1 saturated heterocycles. The van der Waals surface area contributed by atoms with Crippen LogP contribution in [0, 0.1) is 6.92 Å². The standard InChI is InChI=1S/C18H19N5O3S/c1-12-20-15(10-27-12)17(25)23-7-3-5-18(11-23)8-14(22-26-18)16(24)21-13-4-2-6-19-9-13/h2,4,6,9-10H,3,5,7-8,11H2,1H3,(H,21,24). The number of likely N-dealkylation sites (tertiary alicyclic amines) is 1. The quantitative estimate of drug-likeness (QED) is 0.874. The normalized spacial score (nSPS) is 21.7. The topological polar surface area (TPSA) is 96.8 Å². The number of thiazole rings is 1. The Labute approximate surface area is 160 Å². The van der Waals surface area contributed by atoms with Crippen molar-refractivity contribution in [1.82, 2.24) is 14.9 Å². The molecule has 1 fully saturated rings. The molecule has 8 nitrogen and oxygen atoms in total. The molecule has 2 aliphatic rings. The van der Waals surface area contributed by atoms with Gasteiger partial charge in [-0.05, 0) is 31.9 Å². The second-order valence-electron chi connectivity index (χ2n) is 6.77. The van der Waals surface area contributed by atoms with Gasteiger partial charge in [0.2, 0.25) is 0 Å². The minimum absolute atomic E-state index is 0.102. The van der Waals surface area contributed by atoms with Crippen LogP contribution >= 0.6 is 11.3 Å². The number of aryl methyl sites for hydroxylation is 1. The molecule has 0 aliphatic carbocycles. The van der Waals surface area contributed by atoms with Crippen molar-refractivity contribution in [3.05, 3.63) is 40.6 Å². The molecule has 1 N–H and O–H groups in total. The fourth-order valence-electron chi connectivity index (χ4n) is 3.40. The molecule has 0 saturated carbocycles. The Kier molecular flexibility index (Phi) is 4.61. The molecule has 1 atom stereocenters. The van der Waals surface area contributed by atoms with Crippen molar-refractivity contribution >= 4 is 34.6 Å². The van der Waals surface area contributed by atoms with Crippen molar-refractivity contribution < 1.29 is 14.4 Å². The average molecular weight is 385 g/mol. The zero-order chi connectivity index (χ0) is 18.9. The van der Waals surface area contributed by atoms with Gasteiger partial charge >= 0.3 is 0 Å². The number of anilines is 1. The Bertz CT molecular complexity index is 897. The van der Waals surface area contributed by atoms with Gasteiger partial charge in [-0.1, -0.05) is 5.16 Å². The summed E-state index contributed by atoms with van der Waals surface area (Å²) >= 11 is 1.46. The summed E-state index contributed by atoms with van der Waals surface area (Å²) in [6.07, 6.45) is 5.13. The van der Waals surface area contributed by atoms with Gasteiger partial charge in [0, 0.05) is 24.5 Å². The number of pyridine rings is 1. The summed E-state index contributed by atoms with van der Waals surface area (Å²) < 4.78 is 0. The van der Waals surface area contributed by atoms with Crippen LogP contribution in [0.25, 0.3) is 0 Å². The molecule has 2 aromatic rings. The van der Waals surface area contributed by atoms with E-state index in [1.54, 1.807) is 34.8 Å². The zero-order valence-corrected chi connectivity index (χ0v) is 15.7. The summed E-state index contributed by atoms with van der Waals surface area (Å²) in [5.41, 5.74) is 0.756. The van der Waals surface area contributed by atoms with E-state index in [1.807, 2.05) is 6.92 Å². The molecule has 2 aliphatic heterocycles. The highest BCUT2D eigenvalue weighted by Gasteiger charge is 2.45. The van der Waals surface area contributed by atoms with E-state index in [4.69, 9.17) is 4.84 Å². The van der Waals surface area contributed by atoms with Crippen LogP contribution in [-0.2, 0) is 9.63 Å². The molecule has 0 radical (unpaired) electrons. The number of hydrogen-bond acceptors (Lipinski definition) is 7. The van der Waals surface area contributed by atoms with Gasteiger partial charge in [-0.3, -0.25) is 14.6 Å². The number of nitrogens with zero attached hydrogens (tertiary/aromatic N) is 4. The number of oxime groups is 1. The van der Waals surface area contributed by atoms with Crippen molar-refractivity contribution in [1.29, 1.82) is 0 Å². The Balaban J connectivity index is 1.41. The van der Waals surface area contributed by atoms with Gasteiger partial charge in [0.25, 0.3) is 11.8 Å². The molecule has 4 heterocycles. The predicted octanol–water partition coefficient (Wildman–Crippen LogP) is 2.24. The second-order valence-corrected chi connectivity index (χ2v) is 7.83. The van der Waals surface area contributed by atoms with E-state index in [1.165, 1.54) is 11.3 Å². The molecule has 0 aromatic carbocycles. The summed E-state index contributed by atoms with van der Waals surface area (Å²) in [5.74, 6) is -0.409. The molecule has 1 spiro atoms. The monoisotopic (exact) mass is 385 g/mol. The molecule has 140 valence electrons. The molecule has 4 rings (SSSR count). The minimum Gasteiger partial charge on any atom is -0.386 e. The molecular weight excluding hydrogens is 366 g/mol. The van der Waals surface area contributed by atoms with Crippen LogP contribution < -0.4 is 5.32 Å². The second kappa shape index (κ2) is 7.07. The van der Waals surface area contributed by atoms with Crippen molar-refractivity contribution in [3.63, 3.8) is 0 Å². The van der Waals surface area contributed by atoms with Crippen LogP contribution in [0.1, 0.15) is 34.8 Å². The lowest BCUT2D eigenvalue weighted by molar-refractivity contribution is -0.110. The lowest BCUT2D eigenvalue weighted by Gasteiger charge is -2.37. The van der Waals surface area contributed by atoms with Gasteiger partial charge < -0.3 is 15.1 Å². The Hall–Kier alpha value is -2.81. The summed E-state index contributed by atoms with van der Waals surface area (Å²) in [6, 6.07) is 3.50. The number of aromatic nitrogens is 2. The fraction of sp³-hybridized carbons (Fsp3) is 0.389. The van der Waals surface area contributed by atoms with E-state index >= 15 is 0 Å². The van der Waals surface area contributed by atoms with E-state index in [0.29, 0.717) is 36.6 Å². The molecule has 2 aromatic heterocycles. The first kappa shape index (κ1) is 17.6. The number of rotatable bonds is 3. The van der Waals surface area contributed by atoms with Gasteiger partial charge in [0.1, 0.15) is 11.4 Å². The van der Waals surface area contributed by atoms with E-state index < -0.39 is 5.60 Å². The Morgan fingerprint density at radius 1 is 1.41 bits per heavy atom. The van der Waals surface area contributed by atoms with Crippen LogP contribution in [0.4, 0.5) is 5.69 Å². The van der Waals surface area contributed by atoms with Crippen LogP contribution in [0.15, 0.2) is 35.1 Å². The molecular formula is C18H19N5O3S. The van der Waals surface area contributed by atoms with E-state index in [9.17, 15) is 9.59 Å². The van der Waals surface area contributed by atoms with Gasteiger partial charge in [-0.2, -0.15) is 0 Å². The van der Waals surface area contributed by atoms with E-state index in [-0.39, 0.29) is 11.8 Å². The maximum absolute atomic E-state index is 12.7. The highest BCUT2D eigenvalue weighted by Crippen LogP contribution is 2.34.